The summed E-state index contributed by atoms with van der Waals surface area (Å²) in [7, 11) is 0. The molecular formula is C9H13F3N4O2. The van der Waals surface area contributed by atoms with E-state index in [1.165, 1.54) is 6.92 Å². The van der Waals surface area contributed by atoms with Gasteiger partial charge in [-0.1, -0.05) is 6.92 Å². The topological polar surface area (TPSA) is 80.9 Å². The summed E-state index contributed by atoms with van der Waals surface area (Å²) in [4.78, 5) is 11.1. The van der Waals surface area contributed by atoms with Crippen molar-refractivity contribution in [1.82, 2.24) is 20.2 Å². The second-order valence-corrected chi connectivity index (χ2v) is 4.26. The number of halogens is 3. The van der Waals surface area contributed by atoms with Gasteiger partial charge in [0.25, 0.3) is 0 Å². The Balaban J connectivity index is 2.92. The summed E-state index contributed by atoms with van der Waals surface area (Å²) in [5, 5.41) is 18.9. The molecule has 1 heterocycles. The highest BCUT2D eigenvalue weighted by atomic mass is 19.4. The Bertz CT molecular complexity index is 432. The van der Waals surface area contributed by atoms with Crippen molar-refractivity contribution in [3.63, 3.8) is 0 Å². The molecule has 1 atom stereocenters. The molecule has 0 aromatic carbocycles. The summed E-state index contributed by atoms with van der Waals surface area (Å²) in [5.74, 6) is -1.48. The highest BCUT2D eigenvalue weighted by Gasteiger charge is 2.35. The van der Waals surface area contributed by atoms with Gasteiger partial charge in [0.2, 0.25) is 0 Å². The van der Waals surface area contributed by atoms with E-state index >= 15 is 0 Å². The lowest BCUT2D eigenvalue weighted by molar-refractivity contribution is -0.149. The average Bonchev–Trinajstić information content (AvgIpc) is 2.62. The molecule has 1 N–H and O–H groups in total. The maximum absolute atomic E-state index is 12.2. The minimum Gasteiger partial charge on any atom is -0.481 e. The number of nitrogens with zero attached hydrogens (tertiary/aromatic N) is 4. The lowest BCUT2D eigenvalue weighted by Crippen LogP contribution is -2.33. The van der Waals surface area contributed by atoms with Gasteiger partial charge in [0.05, 0.1) is 12.0 Å². The quantitative estimate of drug-likeness (QED) is 0.868. The van der Waals surface area contributed by atoms with Gasteiger partial charge in [-0.15, -0.1) is 5.10 Å². The van der Waals surface area contributed by atoms with Gasteiger partial charge in [0, 0.05) is 0 Å². The van der Waals surface area contributed by atoms with E-state index in [1.54, 1.807) is 6.92 Å². The first-order valence-corrected chi connectivity index (χ1v) is 5.23. The third-order valence-corrected chi connectivity index (χ3v) is 2.76. The third-order valence-electron chi connectivity index (χ3n) is 2.76. The number of tetrazole rings is 1. The molecule has 0 saturated heterocycles. The number of aromatic nitrogens is 4. The van der Waals surface area contributed by atoms with Gasteiger partial charge in [-0.2, -0.15) is 13.2 Å². The van der Waals surface area contributed by atoms with Gasteiger partial charge in [-0.3, -0.25) is 4.79 Å². The third kappa shape index (κ3) is 3.41. The van der Waals surface area contributed by atoms with Crippen molar-refractivity contribution >= 4 is 5.97 Å². The zero-order valence-electron chi connectivity index (χ0n) is 9.90. The van der Waals surface area contributed by atoms with Crippen LogP contribution in [-0.2, 0) is 17.8 Å². The number of hydrogen-bond donors (Lipinski definition) is 1. The Morgan fingerprint density at radius 1 is 1.44 bits per heavy atom. The fraction of sp³-hybridized carbons (Fsp3) is 0.778. The van der Waals surface area contributed by atoms with Crippen LogP contribution < -0.4 is 0 Å². The van der Waals surface area contributed by atoms with Crippen LogP contribution in [0.4, 0.5) is 13.2 Å². The molecule has 0 aliphatic carbocycles. The Hall–Kier alpha value is -1.67. The van der Waals surface area contributed by atoms with Crippen molar-refractivity contribution in [2.45, 2.75) is 39.4 Å². The van der Waals surface area contributed by atoms with Crippen LogP contribution in [0.15, 0.2) is 0 Å². The van der Waals surface area contributed by atoms with Crippen molar-refractivity contribution in [2.75, 3.05) is 0 Å². The SMILES string of the molecule is CCC(C)(Cn1nnnc1CC(F)(F)F)C(=O)O. The van der Waals surface area contributed by atoms with Crippen molar-refractivity contribution in [3.8, 4) is 0 Å². The molecule has 0 fully saturated rings. The first-order valence-electron chi connectivity index (χ1n) is 5.23. The molecule has 0 saturated carbocycles. The zero-order valence-corrected chi connectivity index (χ0v) is 9.90. The first-order chi connectivity index (χ1) is 8.18. The van der Waals surface area contributed by atoms with Gasteiger partial charge in [0.1, 0.15) is 6.42 Å². The molecule has 6 nitrogen and oxygen atoms in total. The molecule has 0 amide bonds. The van der Waals surface area contributed by atoms with E-state index in [2.05, 4.69) is 15.5 Å². The molecule has 1 aromatic heterocycles. The maximum atomic E-state index is 12.2. The van der Waals surface area contributed by atoms with Crippen LogP contribution in [0.3, 0.4) is 0 Å². The Morgan fingerprint density at radius 3 is 2.50 bits per heavy atom. The lowest BCUT2D eigenvalue weighted by atomic mass is 9.88. The summed E-state index contributed by atoms with van der Waals surface area (Å²) in [5.41, 5.74) is -1.20. The van der Waals surface area contributed by atoms with Crippen molar-refractivity contribution in [2.24, 2.45) is 5.41 Å². The Labute approximate surface area is 101 Å². The van der Waals surface area contributed by atoms with Gasteiger partial charge in [-0.05, 0) is 23.8 Å². The van der Waals surface area contributed by atoms with E-state index in [-0.39, 0.29) is 18.8 Å². The molecule has 102 valence electrons. The Morgan fingerprint density at radius 2 is 2.06 bits per heavy atom. The number of rotatable bonds is 5. The number of carboxylic acids is 1. The van der Waals surface area contributed by atoms with E-state index < -0.39 is 24.0 Å². The van der Waals surface area contributed by atoms with Crippen LogP contribution in [-0.4, -0.2) is 37.5 Å². The standard InChI is InChI=1S/C9H13F3N4O2/c1-3-8(2,7(17)18)5-16-6(13-14-15-16)4-9(10,11)12/h3-5H2,1-2H3,(H,17,18). The second-order valence-electron chi connectivity index (χ2n) is 4.26. The first kappa shape index (κ1) is 14.4. The zero-order chi connectivity index (χ0) is 14.0. The van der Waals surface area contributed by atoms with Gasteiger partial charge in [-0.25, -0.2) is 4.68 Å². The number of carboxylic acid groups (broad SMARTS) is 1. The van der Waals surface area contributed by atoms with E-state index in [4.69, 9.17) is 5.11 Å². The van der Waals surface area contributed by atoms with Gasteiger partial charge in [0.15, 0.2) is 5.82 Å². The van der Waals surface area contributed by atoms with Crippen LogP contribution in [0.2, 0.25) is 0 Å². The van der Waals surface area contributed by atoms with Crippen LogP contribution >= 0.6 is 0 Å². The van der Waals surface area contributed by atoms with E-state index in [0.29, 0.717) is 0 Å². The molecule has 18 heavy (non-hydrogen) atoms. The molecule has 0 radical (unpaired) electrons. The van der Waals surface area contributed by atoms with Crippen molar-refractivity contribution in [3.05, 3.63) is 5.82 Å². The fourth-order valence-corrected chi connectivity index (χ4v) is 1.31. The molecule has 9 heteroatoms. The molecular weight excluding hydrogens is 253 g/mol. The molecule has 1 rings (SSSR count). The predicted molar refractivity (Wildman–Crippen MR) is 53.6 cm³/mol. The molecule has 1 unspecified atom stereocenters. The van der Waals surface area contributed by atoms with Crippen LogP contribution in [0.1, 0.15) is 26.1 Å². The van der Waals surface area contributed by atoms with Crippen molar-refractivity contribution in [1.29, 1.82) is 0 Å². The largest absolute Gasteiger partial charge is 0.481 e. The smallest absolute Gasteiger partial charge is 0.396 e. The number of alkyl halides is 3. The average molecular weight is 266 g/mol. The van der Waals surface area contributed by atoms with Crippen LogP contribution in [0.5, 0.6) is 0 Å². The fourth-order valence-electron chi connectivity index (χ4n) is 1.31. The highest BCUT2D eigenvalue weighted by molar-refractivity contribution is 5.73. The normalized spacial score (nSPS) is 15.4. The number of carbonyl (C=O) groups is 1. The summed E-state index contributed by atoms with van der Waals surface area (Å²) >= 11 is 0. The summed E-state index contributed by atoms with van der Waals surface area (Å²) < 4.78 is 37.6. The van der Waals surface area contributed by atoms with Crippen LogP contribution in [0.25, 0.3) is 0 Å². The molecule has 1 aromatic rings. The van der Waals surface area contributed by atoms with E-state index in [0.717, 1.165) is 4.68 Å². The number of aliphatic carboxylic acids is 1. The minimum absolute atomic E-state index is 0.197. The summed E-state index contributed by atoms with van der Waals surface area (Å²) in [6.07, 6.45) is -5.45. The Kier molecular flexibility index (Phi) is 3.92. The van der Waals surface area contributed by atoms with E-state index in [1.807, 2.05) is 0 Å². The van der Waals surface area contributed by atoms with Gasteiger partial charge >= 0.3 is 12.1 Å². The predicted octanol–water partition coefficient (Wildman–Crippen LogP) is 1.28. The molecule has 0 aliphatic heterocycles. The van der Waals surface area contributed by atoms with Crippen molar-refractivity contribution < 1.29 is 23.1 Å². The molecule has 0 bridgehead atoms. The number of hydrogen-bond acceptors (Lipinski definition) is 4. The minimum atomic E-state index is -4.43. The lowest BCUT2D eigenvalue weighted by Gasteiger charge is -2.22. The summed E-state index contributed by atoms with van der Waals surface area (Å²) in [6, 6.07) is 0. The molecule has 0 spiro atoms. The maximum Gasteiger partial charge on any atom is 0.396 e. The molecule has 0 aliphatic rings. The highest BCUT2D eigenvalue weighted by Crippen LogP contribution is 2.25. The van der Waals surface area contributed by atoms with Crippen LogP contribution in [0, 0.1) is 5.41 Å². The monoisotopic (exact) mass is 266 g/mol. The summed E-state index contributed by atoms with van der Waals surface area (Å²) in [6.45, 7) is 2.88. The van der Waals surface area contributed by atoms with Gasteiger partial charge < -0.3 is 5.11 Å². The second kappa shape index (κ2) is 4.91. The van der Waals surface area contributed by atoms with E-state index in [9.17, 15) is 18.0 Å².